The maximum absolute atomic E-state index is 12.5. The van der Waals surface area contributed by atoms with Crippen LogP contribution in [0, 0.1) is 0 Å². The zero-order chi connectivity index (χ0) is 18.6. The van der Waals surface area contributed by atoms with Gasteiger partial charge in [0.2, 0.25) is 0 Å². The number of hydrogen-bond acceptors (Lipinski definition) is 2. The van der Waals surface area contributed by atoms with Gasteiger partial charge in [0, 0.05) is 46.6 Å². The van der Waals surface area contributed by atoms with E-state index in [0.29, 0.717) is 23.7 Å². The van der Waals surface area contributed by atoms with Gasteiger partial charge in [0.15, 0.2) is 0 Å². The van der Waals surface area contributed by atoms with Crippen LogP contribution in [0.1, 0.15) is 21.5 Å². The number of hydrogen-bond donors (Lipinski definition) is 2. The summed E-state index contributed by atoms with van der Waals surface area (Å²) < 4.78 is 1.83. The molecule has 0 fully saturated rings. The molecule has 2 aromatic carbocycles. The number of fused-ring (bicyclic) bond motifs is 1. The van der Waals surface area contributed by atoms with E-state index < -0.39 is 0 Å². The number of aromatic nitrogens is 3. The molecule has 2 aromatic heterocycles. The van der Waals surface area contributed by atoms with Gasteiger partial charge in [-0.2, -0.15) is 5.10 Å². The van der Waals surface area contributed by atoms with Gasteiger partial charge in [0.25, 0.3) is 5.91 Å². The number of amides is 1. The molecule has 4 aromatic rings. The fourth-order valence-electron chi connectivity index (χ4n) is 3.16. The number of nitrogens with zero attached hydrogens (tertiary/aromatic N) is 2. The maximum atomic E-state index is 12.5. The standard InChI is InChI=1S/C21H19ClN4O/c22-18-5-6-20-19(12-18)17(13-24-20)7-9-23-21(27)16-4-1-3-15(11-16)14-26-10-2-8-25-26/h1-6,8,10-13,24H,7,9,14H2,(H,23,27). The summed E-state index contributed by atoms with van der Waals surface area (Å²) in [7, 11) is 0. The molecule has 2 heterocycles. The number of aromatic amines is 1. The minimum absolute atomic E-state index is 0.0739. The first-order valence-electron chi connectivity index (χ1n) is 8.79. The van der Waals surface area contributed by atoms with E-state index in [2.05, 4.69) is 15.4 Å². The molecule has 0 aliphatic heterocycles. The maximum Gasteiger partial charge on any atom is 0.251 e. The van der Waals surface area contributed by atoms with Crippen LogP contribution in [0.5, 0.6) is 0 Å². The van der Waals surface area contributed by atoms with Crippen LogP contribution in [-0.4, -0.2) is 27.2 Å². The fraction of sp³-hybridized carbons (Fsp3) is 0.143. The minimum atomic E-state index is -0.0739. The summed E-state index contributed by atoms with van der Waals surface area (Å²) in [5.74, 6) is -0.0739. The Morgan fingerprint density at radius 3 is 2.96 bits per heavy atom. The van der Waals surface area contributed by atoms with E-state index in [9.17, 15) is 4.79 Å². The van der Waals surface area contributed by atoms with Crippen LogP contribution in [0.3, 0.4) is 0 Å². The molecule has 27 heavy (non-hydrogen) atoms. The lowest BCUT2D eigenvalue weighted by Gasteiger charge is -2.07. The number of rotatable bonds is 6. The second-order valence-electron chi connectivity index (χ2n) is 6.41. The molecule has 0 unspecified atom stereocenters. The Bertz CT molecular complexity index is 1070. The minimum Gasteiger partial charge on any atom is -0.361 e. The zero-order valence-corrected chi connectivity index (χ0v) is 15.4. The van der Waals surface area contributed by atoms with Crippen molar-refractivity contribution in [2.45, 2.75) is 13.0 Å². The van der Waals surface area contributed by atoms with Crippen molar-refractivity contribution in [3.8, 4) is 0 Å². The van der Waals surface area contributed by atoms with E-state index in [-0.39, 0.29) is 5.91 Å². The quantitative estimate of drug-likeness (QED) is 0.532. The topological polar surface area (TPSA) is 62.7 Å². The van der Waals surface area contributed by atoms with Crippen LogP contribution in [0.2, 0.25) is 5.02 Å². The molecular weight excluding hydrogens is 360 g/mol. The van der Waals surface area contributed by atoms with Crippen molar-refractivity contribution >= 4 is 28.4 Å². The Labute approximate surface area is 162 Å². The average molecular weight is 379 g/mol. The number of H-pyrrole nitrogens is 1. The van der Waals surface area contributed by atoms with Gasteiger partial charge in [0.05, 0.1) is 6.54 Å². The molecule has 5 nitrogen and oxygen atoms in total. The number of carbonyl (C=O) groups is 1. The zero-order valence-electron chi connectivity index (χ0n) is 14.7. The van der Waals surface area contributed by atoms with E-state index in [1.165, 1.54) is 0 Å². The predicted octanol–water partition coefficient (Wildman–Crippen LogP) is 4.04. The van der Waals surface area contributed by atoms with Crippen LogP contribution >= 0.6 is 11.6 Å². The molecule has 0 atom stereocenters. The highest BCUT2D eigenvalue weighted by Crippen LogP contribution is 2.22. The molecule has 0 radical (unpaired) electrons. The average Bonchev–Trinajstić information content (AvgIpc) is 3.32. The molecule has 4 rings (SSSR count). The van der Waals surface area contributed by atoms with Crippen LogP contribution in [0.25, 0.3) is 10.9 Å². The largest absolute Gasteiger partial charge is 0.361 e. The van der Waals surface area contributed by atoms with Gasteiger partial charge >= 0.3 is 0 Å². The lowest BCUT2D eigenvalue weighted by Crippen LogP contribution is -2.25. The number of carbonyl (C=O) groups excluding carboxylic acids is 1. The molecule has 0 aliphatic rings. The van der Waals surface area contributed by atoms with Crippen molar-refractivity contribution in [1.29, 1.82) is 0 Å². The van der Waals surface area contributed by atoms with Gasteiger partial charge in [-0.1, -0.05) is 23.7 Å². The molecule has 0 saturated heterocycles. The molecule has 1 amide bonds. The molecule has 0 aliphatic carbocycles. The lowest BCUT2D eigenvalue weighted by molar-refractivity contribution is 0.0954. The van der Waals surface area contributed by atoms with Crippen LogP contribution < -0.4 is 5.32 Å². The Hall–Kier alpha value is -3.05. The third-order valence-electron chi connectivity index (χ3n) is 4.50. The van der Waals surface area contributed by atoms with Crippen LogP contribution in [0.15, 0.2) is 67.1 Å². The summed E-state index contributed by atoms with van der Waals surface area (Å²) in [5, 5.41) is 9.00. The first-order chi connectivity index (χ1) is 13.2. The summed E-state index contributed by atoms with van der Waals surface area (Å²) in [6, 6.07) is 15.3. The van der Waals surface area contributed by atoms with Crippen molar-refractivity contribution < 1.29 is 4.79 Å². The molecule has 136 valence electrons. The first-order valence-corrected chi connectivity index (χ1v) is 9.17. The third kappa shape index (κ3) is 4.04. The fourth-order valence-corrected chi connectivity index (χ4v) is 3.33. The van der Waals surface area contributed by atoms with Crippen molar-refractivity contribution in [1.82, 2.24) is 20.1 Å². The molecule has 6 heteroatoms. The van der Waals surface area contributed by atoms with Gasteiger partial charge in [-0.15, -0.1) is 0 Å². The SMILES string of the molecule is O=C(NCCc1c[nH]c2ccc(Cl)cc12)c1cccc(Cn2cccn2)c1. The summed E-state index contributed by atoms with van der Waals surface area (Å²) in [6.07, 6.45) is 6.35. The molecule has 2 N–H and O–H groups in total. The van der Waals surface area contributed by atoms with Crippen LogP contribution in [-0.2, 0) is 13.0 Å². The smallest absolute Gasteiger partial charge is 0.251 e. The van der Waals surface area contributed by atoms with E-state index in [1.54, 1.807) is 6.20 Å². The van der Waals surface area contributed by atoms with E-state index in [1.807, 2.05) is 65.6 Å². The Morgan fingerprint density at radius 2 is 2.11 bits per heavy atom. The summed E-state index contributed by atoms with van der Waals surface area (Å²) in [4.78, 5) is 15.7. The van der Waals surface area contributed by atoms with Crippen molar-refractivity contribution in [2.75, 3.05) is 6.54 Å². The molecule has 0 spiro atoms. The van der Waals surface area contributed by atoms with E-state index in [0.717, 1.165) is 28.5 Å². The van der Waals surface area contributed by atoms with Gasteiger partial charge in [0.1, 0.15) is 0 Å². The van der Waals surface area contributed by atoms with Crippen LogP contribution in [0.4, 0.5) is 0 Å². The van der Waals surface area contributed by atoms with Gasteiger partial charge in [-0.05, 0) is 53.9 Å². The summed E-state index contributed by atoms with van der Waals surface area (Å²) in [5.41, 5.74) is 3.88. The second kappa shape index (κ2) is 7.68. The van der Waals surface area contributed by atoms with E-state index >= 15 is 0 Å². The highest BCUT2D eigenvalue weighted by molar-refractivity contribution is 6.31. The first kappa shape index (κ1) is 17.4. The van der Waals surface area contributed by atoms with Gasteiger partial charge < -0.3 is 10.3 Å². The molecule has 0 saturated carbocycles. The monoisotopic (exact) mass is 378 g/mol. The van der Waals surface area contributed by atoms with Crippen molar-refractivity contribution in [2.24, 2.45) is 0 Å². The highest BCUT2D eigenvalue weighted by Gasteiger charge is 2.08. The van der Waals surface area contributed by atoms with Gasteiger partial charge in [-0.25, -0.2) is 0 Å². The van der Waals surface area contributed by atoms with E-state index in [4.69, 9.17) is 11.6 Å². The Morgan fingerprint density at radius 1 is 1.19 bits per heavy atom. The summed E-state index contributed by atoms with van der Waals surface area (Å²) >= 11 is 6.09. The second-order valence-corrected chi connectivity index (χ2v) is 6.85. The Balaban J connectivity index is 1.38. The highest BCUT2D eigenvalue weighted by atomic mass is 35.5. The summed E-state index contributed by atoms with van der Waals surface area (Å²) in [6.45, 7) is 1.20. The van der Waals surface area contributed by atoms with Crippen molar-refractivity contribution in [3.05, 3.63) is 88.8 Å². The molecular formula is C21H19ClN4O. The molecule has 0 bridgehead atoms. The number of nitrogens with one attached hydrogen (secondary N) is 2. The predicted molar refractivity (Wildman–Crippen MR) is 107 cm³/mol. The van der Waals surface area contributed by atoms with Crippen molar-refractivity contribution in [3.63, 3.8) is 0 Å². The number of halogens is 1. The lowest BCUT2D eigenvalue weighted by atomic mass is 10.1. The Kier molecular flexibility index (Phi) is 4.94. The number of benzene rings is 2. The van der Waals surface area contributed by atoms with Gasteiger partial charge in [-0.3, -0.25) is 9.48 Å². The normalized spacial score (nSPS) is 11.0. The third-order valence-corrected chi connectivity index (χ3v) is 4.74.